The number of anilines is 2. The summed E-state index contributed by atoms with van der Waals surface area (Å²) in [6.45, 7) is 0. The van der Waals surface area contributed by atoms with Crippen molar-refractivity contribution in [3.05, 3.63) is 57.7 Å². The van der Waals surface area contributed by atoms with Crippen LogP contribution in [0.1, 0.15) is 15.9 Å². The number of nitrogens with zero attached hydrogens (tertiary/aromatic N) is 3. The largest absolute Gasteiger partial charge is 0.337 e. The maximum atomic E-state index is 12.1. The van der Waals surface area contributed by atoms with Gasteiger partial charge < -0.3 is 5.32 Å². The van der Waals surface area contributed by atoms with Crippen LogP contribution in [0.15, 0.2) is 36.4 Å². The van der Waals surface area contributed by atoms with Crippen molar-refractivity contribution in [3.8, 4) is 0 Å². The van der Waals surface area contributed by atoms with E-state index in [0.29, 0.717) is 11.4 Å². The second-order valence-electron chi connectivity index (χ2n) is 5.00. The van der Waals surface area contributed by atoms with Gasteiger partial charge in [0.2, 0.25) is 0 Å². The number of hydrogen-bond acceptors (Lipinski definition) is 5. The van der Waals surface area contributed by atoms with E-state index in [1.54, 1.807) is 6.08 Å². The molecule has 2 aromatic carbocycles. The van der Waals surface area contributed by atoms with Crippen molar-refractivity contribution < 1.29 is 4.79 Å². The van der Waals surface area contributed by atoms with E-state index in [2.05, 4.69) is 20.7 Å². The van der Waals surface area contributed by atoms with Gasteiger partial charge >= 0.3 is 0 Å². The Kier molecular flexibility index (Phi) is 3.25. The number of benzene rings is 2. The Morgan fingerprint density at radius 1 is 1.00 bits per heavy atom. The van der Waals surface area contributed by atoms with Crippen molar-refractivity contribution >= 4 is 57.3 Å². The number of allylic oxidation sites excluding steroid dienone is 1. The maximum absolute atomic E-state index is 12.1. The second-order valence-corrected chi connectivity index (χ2v) is 5.73. The molecule has 1 aliphatic carbocycles. The van der Waals surface area contributed by atoms with Gasteiger partial charge in [-0.15, -0.1) is 10.2 Å². The molecule has 0 aliphatic heterocycles. The minimum atomic E-state index is -0.00923. The van der Waals surface area contributed by atoms with Crippen LogP contribution >= 0.6 is 23.2 Å². The van der Waals surface area contributed by atoms with Gasteiger partial charge in [-0.3, -0.25) is 4.79 Å². The summed E-state index contributed by atoms with van der Waals surface area (Å²) in [6.07, 6.45) is 3.40. The highest BCUT2D eigenvalue weighted by molar-refractivity contribution is 6.42. The summed E-state index contributed by atoms with van der Waals surface area (Å²) in [5.41, 5.74) is 2.42. The molecule has 0 fully saturated rings. The molecule has 23 heavy (non-hydrogen) atoms. The van der Waals surface area contributed by atoms with E-state index < -0.39 is 0 Å². The lowest BCUT2D eigenvalue weighted by Crippen LogP contribution is -2.04. The molecule has 7 heteroatoms. The van der Waals surface area contributed by atoms with Gasteiger partial charge in [-0.25, -0.2) is 0 Å². The summed E-state index contributed by atoms with van der Waals surface area (Å²) in [5, 5.41) is 16.2. The maximum Gasteiger partial charge on any atom is 0.186 e. The first-order valence-corrected chi connectivity index (χ1v) is 7.50. The summed E-state index contributed by atoms with van der Waals surface area (Å²) >= 11 is 12.0. The van der Waals surface area contributed by atoms with Crippen LogP contribution in [0.2, 0.25) is 10.2 Å². The summed E-state index contributed by atoms with van der Waals surface area (Å²) < 4.78 is 0. The van der Waals surface area contributed by atoms with E-state index >= 15 is 0 Å². The quantitative estimate of drug-likeness (QED) is 0.752. The molecule has 5 nitrogen and oxygen atoms in total. The van der Waals surface area contributed by atoms with Crippen molar-refractivity contribution in [1.82, 2.24) is 15.4 Å². The average Bonchev–Trinajstić information content (AvgIpc) is 2.57. The monoisotopic (exact) mass is 342 g/mol. The molecule has 0 unspecified atom stereocenters. The summed E-state index contributed by atoms with van der Waals surface area (Å²) in [4.78, 5) is 12.1. The number of hydrogen-bond donors (Lipinski definition) is 1. The standard InChI is InChI=1S/C16H8Cl2N4O/c17-14-15(18)20-22-21-16(14)19-11-6-4-8-5-7-12(23)10-3-1-2-9(11)13(8)10/h1-7H,(H,19,20,21). The van der Waals surface area contributed by atoms with Gasteiger partial charge in [0.05, 0.1) is 0 Å². The number of rotatable bonds is 2. The molecule has 1 aromatic heterocycles. The van der Waals surface area contributed by atoms with E-state index in [1.807, 2.05) is 36.4 Å². The lowest BCUT2D eigenvalue weighted by atomic mass is 9.91. The molecule has 1 aliphatic rings. The summed E-state index contributed by atoms with van der Waals surface area (Å²) in [7, 11) is 0. The second kappa shape index (κ2) is 5.30. The number of ketones is 1. The highest BCUT2D eigenvalue weighted by atomic mass is 35.5. The fourth-order valence-corrected chi connectivity index (χ4v) is 2.89. The topological polar surface area (TPSA) is 67.8 Å². The minimum absolute atomic E-state index is 0.00923. The van der Waals surface area contributed by atoms with Crippen LogP contribution in [0.4, 0.5) is 11.5 Å². The van der Waals surface area contributed by atoms with Crippen LogP contribution in [0.3, 0.4) is 0 Å². The number of halogens is 2. The zero-order valence-corrected chi connectivity index (χ0v) is 13.1. The smallest absolute Gasteiger partial charge is 0.186 e. The van der Waals surface area contributed by atoms with Gasteiger partial charge in [-0.1, -0.05) is 53.5 Å². The Morgan fingerprint density at radius 2 is 1.87 bits per heavy atom. The molecule has 112 valence electrons. The van der Waals surface area contributed by atoms with Crippen LogP contribution in [-0.4, -0.2) is 21.2 Å². The van der Waals surface area contributed by atoms with Gasteiger partial charge in [0.25, 0.3) is 0 Å². The highest BCUT2D eigenvalue weighted by Crippen LogP contribution is 2.35. The van der Waals surface area contributed by atoms with Gasteiger partial charge in [0.1, 0.15) is 5.02 Å². The zero-order valence-electron chi connectivity index (χ0n) is 11.5. The van der Waals surface area contributed by atoms with E-state index in [9.17, 15) is 4.79 Å². The first-order chi connectivity index (χ1) is 11.1. The van der Waals surface area contributed by atoms with Crippen molar-refractivity contribution in [2.45, 2.75) is 0 Å². The van der Waals surface area contributed by atoms with Gasteiger partial charge in [-0.05, 0) is 22.9 Å². The van der Waals surface area contributed by atoms with E-state index in [1.165, 1.54) is 0 Å². The molecule has 0 bridgehead atoms. The Balaban J connectivity index is 1.91. The SMILES string of the molecule is O=C1C=Cc2ccc(Nc3nnnc(Cl)c3Cl)c3cccc1c23. The predicted octanol–water partition coefficient (Wildman–Crippen LogP) is 4.28. The van der Waals surface area contributed by atoms with E-state index in [-0.39, 0.29) is 16.0 Å². The van der Waals surface area contributed by atoms with Crippen molar-refractivity contribution in [3.63, 3.8) is 0 Å². The normalized spacial score (nSPS) is 12.7. The first-order valence-electron chi connectivity index (χ1n) is 6.74. The molecule has 0 spiro atoms. The van der Waals surface area contributed by atoms with Crippen LogP contribution < -0.4 is 5.32 Å². The third-order valence-electron chi connectivity index (χ3n) is 3.67. The number of carbonyl (C=O) groups is 1. The molecule has 0 saturated carbocycles. The third-order valence-corrected chi connectivity index (χ3v) is 4.39. The van der Waals surface area contributed by atoms with Crippen LogP contribution in [0.5, 0.6) is 0 Å². The number of carbonyl (C=O) groups excluding carboxylic acids is 1. The molecule has 0 radical (unpaired) electrons. The lowest BCUT2D eigenvalue weighted by molar-refractivity contribution is 0.104. The van der Waals surface area contributed by atoms with E-state index in [4.69, 9.17) is 23.2 Å². The Labute approximate surface area is 140 Å². The lowest BCUT2D eigenvalue weighted by Gasteiger charge is -2.16. The number of aromatic nitrogens is 3. The van der Waals surface area contributed by atoms with Gasteiger partial charge in [0.15, 0.2) is 16.8 Å². The molecule has 0 saturated heterocycles. The van der Waals surface area contributed by atoms with Crippen LogP contribution in [-0.2, 0) is 0 Å². The molecule has 0 atom stereocenters. The highest BCUT2D eigenvalue weighted by Gasteiger charge is 2.17. The molecular weight excluding hydrogens is 335 g/mol. The predicted molar refractivity (Wildman–Crippen MR) is 90.4 cm³/mol. The average molecular weight is 343 g/mol. The molecule has 1 N–H and O–H groups in total. The fourth-order valence-electron chi connectivity index (χ4n) is 2.64. The van der Waals surface area contributed by atoms with Crippen LogP contribution in [0.25, 0.3) is 16.8 Å². The Morgan fingerprint density at radius 3 is 2.74 bits per heavy atom. The Bertz CT molecular complexity index is 1000. The molecule has 0 amide bonds. The zero-order chi connectivity index (χ0) is 16.0. The van der Waals surface area contributed by atoms with Gasteiger partial charge in [-0.2, -0.15) is 0 Å². The summed E-state index contributed by atoms with van der Waals surface area (Å²) in [6, 6.07) is 9.42. The van der Waals surface area contributed by atoms with Crippen molar-refractivity contribution in [2.75, 3.05) is 5.32 Å². The Hall–Kier alpha value is -2.50. The van der Waals surface area contributed by atoms with Crippen LogP contribution in [0, 0.1) is 0 Å². The summed E-state index contributed by atoms with van der Waals surface area (Å²) in [5.74, 6) is 0.301. The van der Waals surface area contributed by atoms with Crippen molar-refractivity contribution in [1.29, 1.82) is 0 Å². The molecular formula is C16H8Cl2N4O. The third kappa shape index (κ3) is 2.25. The number of nitrogens with one attached hydrogen (secondary N) is 1. The fraction of sp³-hybridized carbons (Fsp3) is 0. The minimum Gasteiger partial charge on any atom is -0.337 e. The molecule has 1 heterocycles. The first kappa shape index (κ1) is 14.1. The van der Waals surface area contributed by atoms with Gasteiger partial charge in [0, 0.05) is 22.0 Å². The van der Waals surface area contributed by atoms with Crippen molar-refractivity contribution in [2.24, 2.45) is 0 Å². The molecule has 4 rings (SSSR count). The molecule has 3 aromatic rings. The van der Waals surface area contributed by atoms with E-state index in [0.717, 1.165) is 22.0 Å².